The van der Waals surface area contributed by atoms with Crippen molar-refractivity contribution in [3.8, 4) is 0 Å². The van der Waals surface area contributed by atoms with Crippen LogP contribution in [-0.2, 0) is 28.0 Å². The first-order chi connectivity index (χ1) is 15.1. The number of carbonyl (C=O) groups is 1. The van der Waals surface area contributed by atoms with Crippen LogP contribution >= 0.6 is 11.8 Å². The topological polar surface area (TPSA) is 66.8 Å². The molecule has 1 heterocycles. The smallest absolute Gasteiger partial charge is 0.349 e. The maximum absolute atomic E-state index is 13.2. The zero-order valence-electron chi connectivity index (χ0n) is 16.8. The van der Waals surface area contributed by atoms with Crippen molar-refractivity contribution in [1.29, 1.82) is 0 Å². The van der Waals surface area contributed by atoms with E-state index in [1.165, 1.54) is 11.8 Å². The first-order valence-electron chi connectivity index (χ1n) is 10.3. The van der Waals surface area contributed by atoms with Crippen LogP contribution in [0.25, 0.3) is 0 Å². The highest BCUT2D eigenvalue weighted by atomic mass is 32.2. The molecule has 0 spiro atoms. The Hall–Kier alpha value is -3.02. The van der Waals surface area contributed by atoms with Crippen molar-refractivity contribution in [3.05, 3.63) is 112 Å². The summed E-state index contributed by atoms with van der Waals surface area (Å²) in [5, 5.41) is 21.1. The fraction of sp³-hybridized carbons (Fsp3) is 0.192. The van der Waals surface area contributed by atoms with Gasteiger partial charge in [-0.15, -0.1) is 0 Å². The van der Waals surface area contributed by atoms with Crippen molar-refractivity contribution >= 4 is 17.7 Å². The van der Waals surface area contributed by atoms with E-state index in [0.717, 1.165) is 27.1 Å². The zero-order valence-corrected chi connectivity index (χ0v) is 17.6. The summed E-state index contributed by atoms with van der Waals surface area (Å²) in [6.07, 6.45) is 0.929. The molecule has 1 aliphatic carbocycles. The lowest BCUT2D eigenvalue weighted by atomic mass is 9.81. The fourth-order valence-electron chi connectivity index (χ4n) is 4.48. The summed E-state index contributed by atoms with van der Waals surface area (Å²) in [7, 11) is 0. The molecule has 1 atom stereocenters. The monoisotopic (exact) mass is 430 g/mol. The Balaban J connectivity index is 1.55. The van der Waals surface area contributed by atoms with Crippen molar-refractivity contribution in [2.75, 3.05) is 0 Å². The molecule has 2 N–H and O–H groups in total. The molecule has 4 nitrogen and oxygen atoms in total. The Morgan fingerprint density at radius 1 is 0.871 bits per heavy atom. The minimum atomic E-state index is -1.08. The number of rotatable bonds is 4. The number of aliphatic hydroxyl groups is 2. The van der Waals surface area contributed by atoms with Crippen LogP contribution in [-0.4, -0.2) is 22.3 Å². The Morgan fingerprint density at radius 3 is 2.13 bits per heavy atom. The SMILES string of the molecule is O=C1OC(c2ccccc2)(c2ccccc2)CC(O)=C1Sc1cccc2c1CC(O)C2. The largest absolute Gasteiger partial charge is 0.511 e. The maximum Gasteiger partial charge on any atom is 0.349 e. The molecule has 2 aliphatic rings. The summed E-state index contributed by atoms with van der Waals surface area (Å²) in [6, 6.07) is 24.9. The summed E-state index contributed by atoms with van der Waals surface area (Å²) in [5.74, 6) is -0.525. The molecule has 1 unspecified atom stereocenters. The standard InChI is InChI=1S/C26H22O4S/c27-20-14-17-8-7-13-23(21(17)15-20)31-24-22(28)16-26(30-25(24)29,18-9-3-1-4-10-18)19-11-5-2-6-12-19/h1-13,20,27-28H,14-16H2. The number of ether oxygens (including phenoxy) is 1. The van der Waals surface area contributed by atoms with E-state index in [0.29, 0.717) is 12.8 Å². The molecular formula is C26H22O4S. The van der Waals surface area contributed by atoms with Crippen molar-refractivity contribution in [2.45, 2.75) is 35.9 Å². The van der Waals surface area contributed by atoms with Gasteiger partial charge >= 0.3 is 5.97 Å². The number of benzene rings is 3. The lowest BCUT2D eigenvalue weighted by Crippen LogP contribution is -2.38. The van der Waals surface area contributed by atoms with Gasteiger partial charge in [0.2, 0.25) is 0 Å². The van der Waals surface area contributed by atoms with E-state index in [-0.39, 0.29) is 17.1 Å². The number of cyclic esters (lactones) is 1. The third-order valence-electron chi connectivity index (χ3n) is 5.95. The van der Waals surface area contributed by atoms with Crippen molar-refractivity contribution in [1.82, 2.24) is 0 Å². The lowest BCUT2D eigenvalue weighted by Gasteiger charge is -2.37. The molecule has 0 fully saturated rings. The highest BCUT2D eigenvalue weighted by Crippen LogP contribution is 2.47. The quantitative estimate of drug-likeness (QED) is 0.577. The average Bonchev–Trinajstić information content (AvgIpc) is 3.18. The molecule has 156 valence electrons. The zero-order chi connectivity index (χ0) is 21.4. The number of hydrogen-bond acceptors (Lipinski definition) is 5. The summed E-state index contributed by atoms with van der Waals surface area (Å²) in [4.78, 5) is 14.3. The molecular weight excluding hydrogens is 408 g/mol. The third-order valence-corrected chi connectivity index (χ3v) is 7.16. The van der Waals surface area contributed by atoms with Gasteiger partial charge in [-0.1, -0.05) is 84.6 Å². The normalized spacial score (nSPS) is 19.8. The number of aliphatic hydroxyl groups excluding tert-OH is 2. The van der Waals surface area contributed by atoms with Gasteiger partial charge in [-0.25, -0.2) is 4.79 Å². The fourth-order valence-corrected chi connectivity index (χ4v) is 5.50. The molecule has 0 saturated heterocycles. The highest BCUT2D eigenvalue weighted by Gasteiger charge is 2.45. The molecule has 1 aliphatic heterocycles. The van der Waals surface area contributed by atoms with Gasteiger partial charge in [0.25, 0.3) is 0 Å². The molecule has 3 aromatic carbocycles. The second kappa shape index (κ2) is 7.91. The van der Waals surface area contributed by atoms with Crippen molar-refractivity contribution in [3.63, 3.8) is 0 Å². The summed E-state index contributed by atoms with van der Waals surface area (Å²) >= 11 is 1.22. The molecule has 0 aromatic heterocycles. The van der Waals surface area contributed by atoms with Gasteiger partial charge in [-0.3, -0.25) is 0 Å². The van der Waals surface area contributed by atoms with Crippen LogP contribution in [0.4, 0.5) is 0 Å². The van der Waals surface area contributed by atoms with Crippen molar-refractivity contribution in [2.24, 2.45) is 0 Å². The predicted octanol–water partition coefficient (Wildman–Crippen LogP) is 4.90. The van der Waals surface area contributed by atoms with Crippen molar-refractivity contribution < 1.29 is 19.7 Å². The van der Waals surface area contributed by atoms with E-state index < -0.39 is 17.7 Å². The van der Waals surface area contributed by atoms with E-state index in [1.54, 1.807) is 0 Å². The van der Waals surface area contributed by atoms with Crippen LogP contribution in [0.1, 0.15) is 28.7 Å². The van der Waals surface area contributed by atoms with E-state index >= 15 is 0 Å². The Morgan fingerprint density at radius 2 is 1.52 bits per heavy atom. The maximum atomic E-state index is 13.2. The van der Waals surface area contributed by atoms with E-state index in [4.69, 9.17) is 4.74 Å². The highest BCUT2D eigenvalue weighted by molar-refractivity contribution is 8.04. The molecule has 0 radical (unpaired) electrons. The predicted molar refractivity (Wildman–Crippen MR) is 120 cm³/mol. The second-order valence-corrected chi connectivity index (χ2v) is 9.01. The first-order valence-corrected chi connectivity index (χ1v) is 11.1. The van der Waals surface area contributed by atoms with E-state index in [2.05, 4.69) is 0 Å². The van der Waals surface area contributed by atoms with Gasteiger partial charge in [0.05, 0.1) is 12.5 Å². The summed E-state index contributed by atoms with van der Waals surface area (Å²) < 4.78 is 6.11. The van der Waals surface area contributed by atoms with Gasteiger partial charge < -0.3 is 14.9 Å². The number of fused-ring (bicyclic) bond motifs is 1. The molecule has 31 heavy (non-hydrogen) atoms. The Kier molecular flexibility index (Phi) is 5.08. The van der Waals surface area contributed by atoms with Crippen LogP contribution in [0, 0.1) is 0 Å². The number of thioether (sulfide) groups is 1. The van der Waals surface area contributed by atoms with E-state index in [9.17, 15) is 15.0 Å². The molecule has 3 aromatic rings. The third kappa shape index (κ3) is 3.54. The van der Waals surface area contributed by atoms with Gasteiger partial charge in [0.15, 0.2) is 5.60 Å². The van der Waals surface area contributed by atoms with Crippen LogP contribution < -0.4 is 0 Å². The lowest BCUT2D eigenvalue weighted by molar-refractivity contribution is -0.154. The van der Waals surface area contributed by atoms with Gasteiger partial charge in [0, 0.05) is 22.4 Å². The van der Waals surface area contributed by atoms with Gasteiger partial charge in [0.1, 0.15) is 10.7 Å². The number of hydrogen-bond donors (Lipinski definition) is 2. The Bertz CT molecular complexity index is 1120. The second-order valence-electron chi connectivity index (χ2n) is 7.96. The molecule has 5 rings (SSSR count). The Labute approximate surface area is 185 Å². The number of esters is 1. The number of carbonyl (C=O) groups excluding carboxylic acids is 1. The molecule has 0 bridgehead atoms. The van der Waals surface area contributed by atoms with Gasteiger partial charge in [-0.05, 0) is 23.6 Å². The van der Waals surface area contributed by atoms with E-state index in [1.807, 2.05) is 78.9 Å². The minimum absolute atomic E-state index is 0.0186. The molecule has 0 saturated carbocycles. The minimum Gasteiger partial charge on any atom is -0.511 e. The van der Waals surface area contributed by atoms with Gasteiger partial charge in [-0.2, -0.15) is 0 Å². The molecule has 5 heteroatoms. The summed E-state index contributed by atoms with van der Waals surface area (Å²) in [6.45, 7) is 0. The van der Waals surface area contributed by atoms with Crippen LogP contribution in [0.3, 0.4) is 0 Å². The van der Waals surface area contributed by atoms with Crippen LogP contribution in [0.5, 0.6) is 0 Å². The average molecular weight is 431 g/mol. The molecule has 0 amide bonds. The van der Waals surface area contributed by atoms with Crippen LogP contribution in [0.2, 0.25) is 0 Å². The van der Waals surface area contributed by atoms with Crippen LogP contribution in [0.15, 0.2) is 94.4 Å². The first kappa shape index (κ1) is 19.9. The summed E-state index contributed by atoms with van der Waals surface area (Å²) in [5.41, 5.74) is 2.67.